The molecule has 0 amide bonds. The molecule has 0 spiro atoms. The zero-order chi connectivity index (χ0) is 12.8. The third kappa shape index (κ3) is 1.61. The lowest BCUT2D eigenvalue weighted by Gasteiger charge is -1.99. The van der Waals surface area contributed by atoms with Gasteiger partial charge in [0, 0.05) is 5.56 Å². The monoisotopic (exact) mass is 252 g/mol. The van der Waals surface area contributed by atoms with E-state index in [0.29, 0.717) is 35.9 Å². The number of nitrogens with two attached hydrogens (primary N) is 1. The SMILES string of the molecule is Nc1cccc2oc(-c3ccc4c(c3)COC4)nc12. The van der Waals surface area contributed by atoms with Crippen molar-refractivity contribution in [1.29, 1.82) is 0 Å². The summed E-state index contributed by atoms with van der Waals surface area (Å²) in [5, 5.41) is 0. The number of nitrogen functional groups attached to an aromatic ring is 1. The van der Waals surface area contributed by atoms with E-state index in [0.717, 1.165) is 5.56 Å². The molecule has 3 aromatic rings. The number of rotatable bonds is 1. The van der Waals surface area contributed by atoms with Crippen LogP contribution in [0.5, 0.6) is 0 Å². The van der Waals surface area contributed by atoms with Gasteiger partial charge in [0.15, 0.2) is 5.58 Å². The van der Waals surface area contributed by atoms with Crippen LogP contribution in [0, 0.1) is 0 Å². The summed E-state index contributed by atoms with van der Waals surface area (Å²) in [5.41, 5.74) is 11.4. The minimum atomic E-state index is 0.600. The Bertz CT molecular complexity index is 777. The number of para-hydroxylation sites is 1. The van der Waals surface area contributed by atoms with Gasteiger partial charge in [0.2, 0.25) is 5.89 Å². The van der Waals surface area contributed by atoms with Crippen LogP contribution in [0.15, 0.2) is 40.8 Å². The maximum absolute atomic E-state index is 5.90. The Morgan fingerprint density at radius 2 is 1.95 bits per heavy atom. The molecule has 4 heteroatoms. The number of hydrogen-bond donors (Lipinski definition) is 1. The van der Waals surface area contributed by atoms with Crippen LogP contribution in [-0.4, -0.2) is 4.98 Å². The molecule has 2 aromatic carbocycles. The Hall–Kier alpha value is -2.33. The van der Waals surface area contributed by atoms with Crippen molar-refractivity contribution in [3.05, 3.63) is 47.5 Å². The van der Waals surface area contributed by atoms with Gasteiger partial charge in [-0.1, -0.05) is 12.1 Å². The smallest absolute Gasteiger partial charge is 0.227 e. The van der Waals surface area contributed by atoms with Gasteiger partial charge in [-0.3, -0.25) is 0 Å². The van der Waals surface area contributed by atoms with Crippen molar-refractivity contribution >= 4 is 16.8 Å². The average molecular weight is 252 g/mol. The Morgan fingerprint density at radius 1 is 1.05 bits per heavy atom. The molecule has 0 bridgehead atoms. The number of aromatic nitrogens is 1. The largest absolute Gasteiger partial charge is 0.436 e. The van der Waals surface area contributed by atoms with Crippen molar-refractivity contribution < 1.29 is 9.15 Å². The summed E-state index contributed by atoms with van der Waals surface area (Å²) < 4.78 is 11.2. The van der Waals surface area contributed by atoms with E-state index in [9.17, 15) is 0 Å². The standard InChI is InChI=1S/C15H12N2O2/c16-12-2-1-3-13-14(12)17-15(19-13)9-4-5-10-7-18-8-11(10)6-9/h1-6H,7-8,16H2. The first-order chi connectivity index (χ1) is 9.31. The molecular formula is C15H12N2O2. The zero-order valence-corrected chi connectivity index (χ0v) is 10.2. The topological polar surface area (TPSA) is 61.3 Å². The molecule has 1 aliphatic heterocycles. The Balaban J connectivity index is 1.88. The Labute approximate surface area is 109 Å². The highest BCUT2D eigenvalue weighted by Crippen LogP contribution is 2.30. The highest BCUT2D eigenvalue weighted by atomic mass is 16.5. The number of fused-ring (bicyclic) bond motifs is 2. The molecule has 0 fully saturated rings. The maximum atomic E-state index is 5.90. The van der Waals surface area contributed by atoms with E-state index in [4.69, 9.17) is 14.9 Å². The highest BCUT2D eigenvalue weighted by Gasteiger charge is 2.15. The summed E-state index contributed by atoms with van der Waals surface area (Å²) in [6.07, 6.45) is 0. The van der Waals surface area contributed by atoms with Gasteiger partial charge in [-0.25, -0.2) is 4.98 Å². The predicted molar refractivity (Wildman–Crippen MR) is 72.4 cm³/mol. The van der Waals surface area contributed by atoms with Crippen molar-refractivity contribution in [3.63, 3.8) is 0 Å². The van der Waals surface area contributed by atoms with Crippen molar-refractivity contribution in [1.82, 2.24) is 4.98 Å². The van der Waals surface area contributed by atoms with E-state index in [-0.39, 0.29) is 0 Å². The second-order valence-corrected chi connectivity index (χ2v) is 4.69. The molecule has 0 atom stereocenters. The summed E-state index contributed by atoms with van der Waals surface area (Å²) in [6.45, 7) is 1.35. The third-order valence-electron chi connectivity index (χ3n) is 3.42. The van der Waals surface area contributed by atoms with Crippen LogP contribution < -0.4 is 5.73 Å². The van der Waals surface area contributed by atoms with E-state index in [1.807, 2.05) is 24.3 Å². The number of ether oxygens (including phenoxy) is 1. The van der Waals surface area contributed by atoms with Crippen LogP contribution in [0.4, 0.5) is 5.69 Å². The second kappa shape index (κ2) is 3.83. The molecule has 0 unspecified atom stereocenters. The van der Waals surface area contributed by atoms with Gasteiger partial charge in [-0.05, 0) is 35.4 Å². The lowest BCUT2D eigenvalue weighted by molar-refractivity contribution is 0.134. The average Bonchev–Trinajstić information content (AvgIpc) is 3.04. The van der Waals surface area contributed by atoms with Crippen molar-refractivity contribution in [2.45, 2.75) is 13.2 Å². The Morgan fingerprint density at radius 3 is 2.84 bits per heavy atom. The van der Waals surface area contributed by atoms with Crippen LogP contribution in [-0.2, 0) is 18.0 Å². The molecule has 19 heavy (non-hydrogen) atoms. The van der Waals surface area contributed by atoms with Crippen molar-refractivity contribution in [2.24, 2.45) is 0 Å². The summed E-state index contributed by atoms with van der Waals surface area (Å²) >= 11 is 0. The number of oxazole rings is 1. The van der Waals surface area contributed by atoms with E-state index >= 15 is 0 Å². The molecule has 0 radical (unpaired) electrons. The first-order valence-corrected chi connectivity index (χ1v) is 6.16. The minimum absolute atomic E-state index is 0.600. The molecule has 4 nitrogen and oxygen atoms in total. The van der Waals surface area contributed by atoms with Gasteiger partial charge in [-0.15, -0.1) is 0 Å². The van der Waals surface area contributed by atoms with Gasteiger partial charge in [-0.2, -0.15) is 0 Å². The normalized spacial score (nSPS) is 13.9. The van der Waals surface area contributed by atoms with Crippen LogP contribution in [0.25, 0.3) is 22.6 Å². The molecule has 94 valence electrons. The fraction of sp³-hybridized carbons (Fsp3) is 0.133. The minimum Gasteiger partial charge on any atom is -0.436 e. The lowest BCUT2D eigenvalue weighted by Crippen LogP contribution is -1.86. The van der Waals surface area contributed by atoms with Gasteiger partial charge in [0.1, 0.15) is 5.52 Å². The summed E-state index contributed by atoms with van der Waals surface area (Å²) in [7, 11) is 0. The van der Waals surface area contributed by atoms with Crippen molar-refractivity contribution in [3.8, 4) is 11.5 Å². The molecule has 4 rings (SSSR count). The van der Waals surface area contributed by atoms with E-state index in [2.05, 4.69) is 17.1 Å². The van der Waals surface area contributed by atoms with Crippen LogP contribution in [0.1, 0.15) is 11.1 Å². The van der Waals surface area contributed by atoms with Crippen LogP contribution in [0.3, 0.4) is 0 Å². The quantitative estimate of drug-likeness (QED) is 0.676. The first-order valence-electron chi connectivity index (χ1n) is 6.16. The fourth-order valence-electron chi connectivity index (χ4n) is 2.40. The Kier molecular flexibility index (Phi) is 2.13. The van der Waals surface area contributed by atoms with E-state index in [1.165, 1.54) is 11.1 Å². The number of hydrogen-bond acceptors (Lipinski definition) is 4. The molecular weight excluding hydrogens is 240 g/mol. The van der Waals surface area contributed by atoms with Crippen LogP contribution >= 0.6 is 0 Å². The zero-order valence-electron chi connectivity index (χ0n) is 10.2. The third-order valence-corrected chi connectivity index (χ3v) is 3.42. The molecule has 2 heterocycles. The molecule has 1 aromatic heterocycles. The van der Waals surface area contributed by atoms with E-state index < -0.39 is 0 Å². The molecule has 0 saturated heterocycles. The second-order valence-electron chi connectivity index (χ2n) is 4.69. The van der Waals surface area contributed by atoms with E-state index in [1.54, 1.807) is 0 Å². The van der Waals surface area contributed by atoms with Gasteiger partial charge in [0.05, 0.1) is 18.9 Å². The molecule has 1 aliphatic rings. The highest BCUT2D eigenvalue weighted by molar-refractivity contribution is 5.87. The number of nitrogens with zero attached hydrogens (tertiary/aromatic N) is 1. The lowest BCUT2D eigenvalue weighted by atomic mass is 10.1. The number of anilines is 1. The summed E-state index contributed by atoms with van der Waals surface area (Å²) in [6, 6.07) is 11.7. The van der Waals surface area contributed by atoms with Crippen molar-refractivity contribution in [2.75, 3.05) is 5.73 Å². The summed E-state index contributed by atoms with van der Waals surface area (Å²) in [4.78, 5) is 4.48. The predicted octanol–water partition coefficient (Wildman–Crippen LogP) is 3.11. The first kappa shape index (κ1) is 10.6. The molecule has 0 aliphatic carbocycles. The van der Waals surface area contributed by atoms with Gasteiger partial charge in [0.25, 0.3) is 0 Å². The van der Waals surface area contributed by atoms with Crippen LogP contribution in [0.2, 0.25) is 0 Å². The van der Waals surface area contributed by atoms with Gasteiger partial charge < -0.3 is 14.9 Å². The number of benzene rings is 2. The fourth-order valence-corrected chi connectivity index (χ4v) is 2.40. The molecule has 2 N–H and O–H groups in total. The molecule has 0 saturated carbocycles. The maximum Gasteiger partial charge on any atom is 0.227 e. The van der Waals surface area contributed by atoms with Gasteiger partial charge >= 0.3 is 0 Å². The summed E-state index contributed by atoms with van der Waals surface area (Å²) in [5.74, 6) is 0.600.